The Hall–Kier alpha value is -1.30. The molecule has 1 saturated carbocycles. The van der Waals surface area contributed by atoms with Gasteiger partial charge in [0.1, 0.15) is 6.10 Å². The number of methoxy groups -OCH3 is 1. The summed E-state index contributed by atoms with van der Waals surface area (Å²) in [5.74, 6) is -0.116. The molecule has 2 heterocycles. The van der Waals surface area contributed by atoms with Gasteiger partial charge in [-0.05, 0) is 56.3 Å². The van der Waals surface area contributed by atoms with Crippen LogP contribution in [0.15, 0.2) is 6.07 Å². The summed E-state index contributed by atoms with van der Waals surface area (Å²) in [7, 11) is 3.86. The summed E-state index contributed by atoms with van der Waals surface area (Å²) in [5.41, 5.74) is 3.95. The fraction of sp³-hybridized carbons (Fsp3) is 0.684. The summed E-state index contributed by atoms with van der Waals surface area (Å²) < 4.78 is 11.7. The van der Waals surface area contributed by atoms with E-state index in [-0.39, 0.29) is 5.41 Å². The van der Waals surface area contributed by atoms with E-state index < -0.39 is 11.9 Å². The number of ether oxygens (including phenoxy) is 2. The van der Waals surface area contributed by atoms with E-state index in [0.29, 0.717) is 30.4 Å². The van der Waals surface area contributed by atoms with Gasteiger partial charge >= 0.3 is 0 Å². The Balaban J connectivity index is 1.81. The van der Waals surface area contributed by atoms with Crippen molar-refractivity contribution in [3.63, 3.8) is 0 Å². The second kappa shape index (κ2) is 4.65. The van der Waals surface area contributed by atoms with Crippen molar-refractivity contribution >= 4 is 0 Å². The molecule has 1 spiro atoms. The minimum Gasteiger partial charge on any atom is -0.493 e. The van der Waals surface area contributed by atoms with Crippen LogP contribution in [0.1, 0.15) is 54.8 Å². The Labute approximate surface area is 142 Å². The van der Waals surface area contributed by atoms with E-state index in [4.69, 9.17) is 9.47 Å². The van der Waals surface area contributed by atoms with Crippen molar-refractivity contribution in [3.05, 3.63) is 22.8 Å². The highest BCUT2D eigenvalue weighted by Crippen LogP contribution is 2.62. The maximum atomic E-state index is 11.0. The van der Waals surface area contributed by atoms with Gasteiger partial charge in [-0.2, -0.15) is 0 Å². The zero-order valence-electron chi connectivity index (χ0n) is 14.3. The lowest BCUT2D eigenvalue weighted by atomic mass is 9.57. The van der Waals surface area contributed by atoms with Crippen LogP contribution in [-0.4, -0.2) is 47.7 Å². The molecule has 2 bridgehead atoms. The SMILES string of the molecule is COc1cc2c3c4c1OC1(O)CC4(CCC3N(C)CC2)CCC1O. The van der Waals surface area contributed by atoms with E-state index in [1.165, 1.54) is 16.7 Å². The number of hydrogen-bond donors (Lipinski definition) is 2. The van der Waals surface area contributed by atoms with Crippen molar-refractivity contribution in [2.45, 2.75) is 61.9 Å². The molecule has 0 aromatic heterocycles. The molecule has 130 valence electrons. The molecular formula is C19H25NO4. The molecule has 0 amide bonds. The van der Waals surface area contributed by atoms with Gasteiger partial charge in [0.05, 0.1) is 7.11 Å². The largest absolute Gasteiger partial charge is 0.493 e. The van der Waals surface area contributed by atoms with Crippen molar-refractivity contribution in [1.82, 2.24) is 4.90 Å². The number of aliphatic hydroxyl groups excluding tert-OH is 1. The standard InChI is InChI=1S/C19H25NO4/c1-20-8-5-11-9-13(23-2)17-16-15(11)12(20)3-6-18(16)7-4-14(21)19(22,10-18)24-17/h9,12,14,21-22H,3-8,10H2,1-2H3. The maximum Gasteiger partial charge on any atom is 0.235 e. The van der Waals surface area contributed by atoms with E-state index in [0.717, 1.165) is 32.2 Å². The van der Waals surface area contributed by atoms with Crippen LogP contribution in [0.5, 0.6) is 11.5 Å². The normalized spacial score (nSPS) is 39.8. The molecular weight excluding hydrogens is 306 g/mol. The molecule has 2 N–H and O–H groups in total. The Morgan fingerprint density at radius 2 is 2.12 bits per heavy atom. The first-order valence-corrected chi connectivity index (χ1v) is 9.01. The van der Waals surface area contributed by atoms with Crippen LogP contribution in [0.3, 0.4) is 0 Å². The molecule has 2 aliphatic carbocycles. The number of aliphatic hydroxyl groups is 2. The molecule has 4 aliphatic rings. The molecule has 2 aliphatic heterocycles. The first-order valence-electron chi connectivity index (χ1n) is 9.01. The lowest BCUT2D eigenvalue weighted by Crippen LogP contribution is -2.60. The molecule has 1 aromatic rings. The highest BCUT2D eigenvalue weighted by Gasteiger charge is 2.59. The van der Waals surface area contributed by atoms with Crippen LogP contribution in [0, 0.1) is 0 Å². The van der Waals surface area contributed by atoms with Gasteiger partial charge in [0.2, 0.25) is 5.79 Å². The van der Waals surface area contributed by atoms with Gasteiger partial charge in [0, 0.05) is 30.0 Å². The topological polar surface area (TPSA) is 62.2 Å². The smallest absolute Gasteiger partial charge is 0.235 e. The third-order valence-electron chi connectivity index (χ3n) is 6.90. The van der Waals surface area contributed by atoms with Gasteiger partial charge in [-0.3, -0.25) is 4.90 Å². The molecule has 1 fully saturated rings. The lowest BCUT2D eigenvalue weighted by molar-refractivity contribution is -0.247. The van der Waals surface area contributed by atoms with Crippen molar-refractivity contribution in [3.8, 4) is 11.5 Å². The van der Waals surface area contributed by atoms with Crippen LogP contribution < -0.4 is 9.47 Å². The summed E-state index contributed by atoms with van der Waals surface area (Å²) in [5, 5.41) is 21.3. The summed E-state index contributed by atoms with van der Waals surface area (Å²) in [6, 6.07) is 2.52. The summed E-state index contributed by atoms with van der Waals surface area (Å²) in [6.07, 6.45) is 4.31. The molecule has 0 radical (unpaired) electrons. The first-order chi connectivity index (χ1) is 11.5. The van der Waals surface area contributed by atoms with Gasteiger partial charge in [-0.15, -0.1) is 0 Å². The van der Waals surface area contributed by atoms with Crippen molar-refractivity contribution in [1.29, 1.82) is 0 Å². The van der Waals surface area contributed by atoms with E-state index >= 15 is 0 Å². The maximum absolute atomic E-state index is 11.0. The minimum absolute atomic E-state index is 0.0884. The van der Waals surface area contributed by atoms with Gasteiger partial charge < -0.3 is 19.7 Å². The number of likely N-dealkylation sites (N-methyl/N-ethyl adjacent to an activating group) is 1. The number of benzene rings is 1. The highest BCUT2D eigenvalue weighted by atomic mass is 16.6. The molecule has 1 aromatic carbocycles. The molecule has 24 heavy (non-hydrogen) atoms. The van der Waals surface area contributed by atoms with Crippen LogP contribution in [-0.2, 0) is 11.8 Å². The van der Waals surface area contributed by atoms with Crippen molar-refractivity contribution in [2.24, 2.45) is 0 Å². The Bertz CT molecular complexity index is 720. The van der Waals surface area contributed by atoms with Crippen molar-refractivity contribution in [2.75, 3.05) is 20.7 Å². The van der Waals surface area contributed by atoms with E-state index in [1.54, 1.807) is 7.11 Å². The third-order valence-corrected chi connectivity index (χ3v) is 6.90. The summed E-state index contributed by atoms with van der Waals surface area (Å²) in [4.78, 5) is 2.44. The first kappa shape index (κ1) is 15.0. The fourth-order valence-corrected chi connectivity index (χ4v) is 5.69. The summed E-state index contributed by atoms with van der Waals surface area (Å²) >= 11 is 0. The molecule has 4 atom stereocenters. The predicted molar refractivity (Wildman–Crippen MR) is 88.4 cm³/mol. The van der Waals surface area contributed by atoms with Gasteiger partial charge in [-0.25, -0.2) is 0 Å². The minimum atomic E-state index is -1.49. The monoisotopic (exact) mass is 331 g/mol. The Morgan fingerprint density at radius 3 is 2.92 bits per heavy atom. The predicted octanol–water partition coefficient (Wildman–Crippen LogP) is 1.88. The second-order valence-electron chi connectivity index (χ2n) is 8.10. The third kappa shape index (κ3) is 1.70. The molecule has 5 rings (SSSR count). The number of nitrogens with zero attached hydrogens (tertiary/aromatic N) is 1. The lowest BCUT2D eigenvalue weighted by Gasteiger charge is -2.57. The van der Waals surface area contributed by atoms with Crippen LogP contribution in [0.4, 0.5) is 0 Å². The molecule has 0 saturated heterocycles. The van der Waals surface area contributed by atoms with Crippen LogP contribution in [0.2, 0.25) is 0 Å². The number of rotatable bonds is 1. The van der Waals surface area contributed by atoms with E-state index in [9.17, 15) is 10.2 Å². The van der Waals surface area contributed by atoms with E-state index in [2.05, 4.69) is 18.0 Å². The number of hydrogen-bond acceptors (Lipinski definition) is 5. The highest BCUT2D eigenvalue weighted by molar-refractivity contribution is 5.62. The van der Waals surface area contributed by atoms with Crippen LogP contribution in [0.25, 0.3) is 0 Å². The Morgan fingerprint density at radius 1 is 1.33 bits per heavy atom. The fourth-order valence-electron chi connectivity index (χ4n) is 5.69. The number of fused-ring (bicyclic) bond motifs is 1. The van der Waals surface area contributed by atoms with Crippen molar-refractivity contribution < 1.29 is 19.7 Å². The Kier molecular flexibility index (Phi) is 2.91. The van der Waals surface area contributed by atoms with Gasteiger partial charge in [0.15, 0.2) is 11.5 Å². The second-order valence-corrected chi connectivity index (χ2v) is 8.10. The molecule has 5 nitrogen and oxygen atoms in total. The van der Waals surface area contributed by atoms with Gasteiger partial charge in [-0.1, -0.05) is 0 Å². The van der Waals surface area contributed by atoms with Gasteiger partial charge in [0.25, 0.3) is 0 Å². The molecule has 4 unspecified atom stereocenters. The van der Waals surface area contributed by atoms with E-state index in [1.807, 2.05) is 0 Å². The zero-order chi connectivity index (χ0) is 16.7. The molecule has 5 heteroatoms. The quantitative estimate of drug-likeness (QED) is 0.823. The average Bonchev–Trinajstić information content (AvgIpc) is 2.57. The average molecular weight is 331 g/mol. The van der Waals surface area contributed by atoms with Crippen LogP contribution >= 0.6 is 0 Å². The zero-order valence-corrected chi connectivity index (χ0v) is 14.3. The summed E-state index contributed by atoms with van der Waals surface area (Å²) in [6.45, 7) is 1.07.